The average Bonchev–Trinajstić information content (AvgIpc) is 2.48. The summed E-state index contributed by atoms with van der Waals surface area (Å²) in [5.41, 5.74) is 6.80. The quantitative estimate of drug-likeness (QED) is 0.821. The highest BCUT2D eigenvalue weighted by Gasteiger charge is 2.31. The van der Waals surface area contributed by atoms with Gasteiger partial charge < -0.3 is 15.3 Å². The van der Waals surface area contributed by atoms with Crippen molar-refractivity contribution in [3.05, 3.63) is 51.7 Å². The zero-order chi connectivity index (χ0) is 17.3. The fourth-order valence-electron chi connectivity index (χ4n) is 2.80. The zero-order valence-electron chi connectivity index (χ0n) is 14.8. The van der Waals surface area contributed by atoms with Gasteiger partial charge in [0.1, 0.15) is 0 Å². The Morgan fingerprint density at radius 2 is 1.87 bits per heavy atom. The normalized spacial score (nSPS) is 17.7. The largest absolute Gasteiger partial charge is 0.389 e. The van der Waals surface area contributed by atoms with Gasteiger partial charge in [-0.3, -0.25) is 4.79 Å². The first-order valence-corrected chi connectivity index (χ1v) is 7.89. The number of carbonyl (C=O) groups excluding carboxylic acids is 1. The molecule has 0 fully saturated rings. The molecule has 1 aromatic carbocycles. The van der Waals surface area contributed by atoms with Crippen LogP contribution in [0.3, 0.4) is 0 Å². The molecule has 0 aromatic heterocycles. The number of rotatable bonds is 5. The van der Waals surface area contributed by atoms with Crippen molar-refractivity contribution in [3.8, 4) is 0 Å². The van der Waals surface area contributed by atoms with Crippen LogP contribution in [-0.2, 0) is 11.3 Å². The molecule has 1 aromatic rings. The molecule has 4 nitrogen and oxygen atoms in total. The number of hydrogen-bond acceptors (Lipinski definition) is 4. The van der Waals surface area contributed by atoms with E-state index in [1.807, 2.05) is 13.0 Å². The van der Waals surface area contributed by atoms with Crippen LogP contribution in [0.4, 0.5) is 5.69 Å². The predicted octanol–water partition coefficient (Wildman–Crippen LogP) is 2.94. The summed E-state index contributed by atoms with van der Waals surface area (Å²) in [5.74, 6) is -0.0298. The van der Waals surface area contributed by atoms with Crippen molar-refractivity contribution in [3.63, 3.8) is 0 Å². The predicted molar refractivity (Wildman–Crippen MR) is 94.4 cm³/mol. The van der Waals surface area contributed by atoms with Gasteiger partial charge in [0.2, 0.25) is 5.78 Å². The number of ketones is 1. The van der Waals surface area contributed by atoms with E-state index in [0.717, 1.165) is 23.4 Å². The number of anilines is 1. The molecule has 0 saturated heterocycles. The van der Waals surface area contributed by atoms with Crippen molar-refractivity contribution in [2.45, 2.75) is 40.3 Å². The van der Waals surface area contributed by atoms with Gasteiger partial charge in [0, 0.05) is 17.8 Å². The Morgan fingerprint density at radius 1 is 1.22 bits per heavy atom. The number of aliphatic hydroxyl groups excluding tert-OH is 1. The highest BCUT2D eigenvalue weighted by atomic mass is 16.3. The minimum atomic E-state index is -0.611. The molecule has 0 heterocycles. The fraction of sp³-hybridized carbons (Fsp3) is 0.421. The van der Waals surface area contributed by atoms with E-state index >= 15 is 0 Å². The van der Waals surface area contributed by atoms with Crippen LogP contribution in [0.2, 0.25) is 0 Å². The van der Waals surface area contributed by atoms with Crippen LogP contribution in [-0.4, -0.2) is 36.0 Å². The lowest BCUT2D eigenvalue weighted by Gasteiger charge is -2.26. The second kappa shape index (κ2) is 6.69. The van der Waals surface area contributed by atoms with Crippen molar-refractivity contribution in [1.82, 2.24) is 4.90 Å². The molecule has 0 aliphatic heterocycles. The van der Waals surface area contributed by atoms with Gasteiger partial charge in [-0.2, -0.15) is 0 Å². The molecule has 23 heavy (non-hydrogen) atoms. The summed E-state index contributed by atoms with van der Waals surface area (Å²) < 4.78 is 0. The summed E-state index contributed by atoms with van der Waals surface area (Å²) in [6.45, 7) is 8.63. The van der Waals surface area contributed by atoms with Gasteiger partial charge in [-0.1, -0.05) is 6.07 Å². The summed E-state index contributed by atoms with van der Waals surface area (Å²) in [5, 5.41) is 12.7. The van der Waals surface area contributed by atoms with E-state index in [9.17, 15) is 9.90 Å². The van der Waals surface area contributed by atoms with Crippen LogP contribution in [0.25, 0.3) is 0 Å². The molecule has 2 rings (SSSR count). The van der Waals surface area contributed by atoms with Crippen LogP contribution in [0.5, 0.6) is 0 Å². The lowest BCUT2D eigenvalue weighted by molar-refractivity contribution is -0.113. The highest BCUT2D eigenvalue weighted by Crippen LogP contribution is 2.33. The van der Waals surface area contributed by atoms with Crippen molar-refractivity contribution >= 4 is 11.5 Å². The monoisotopic (exact) mass is 314 g/mol. The smallest absolute Gasteiger partial charge is 0.209 e. The molecular weight excluding hydrogens is 288 g/mol. The molecule has 1 atom stereocenters. The summed E-state index contributed by atoms with van der Waals surface area (Å²) in [6, 6.07) is 4.14. The Morgan fingerprint density at radius 3 is 2.39 bits per heavy atom. The van der Waals surface area contributed by atoms with Gasteiger partial charge >= 0.3 is 0 Å². The topological polar surface area (TPSA) is 52.6 Å². The minimum absolute atomic E-state index is 0.0298. The maximum absolute atomic E-state index is 12.2. The first kappa shape index (κ1) is 17.4. The van der Waals surface area contributed by atoms with Gasteiger partial charge in [-0.25, -0.2) is 0 Å². The number of benzene rings is 1. The van der Waals surface area contributed by atoms with Gasteiger partial charge in [0.15, 0.2) is 0 Å². The Kier molecular flexibility index (Phi) is 5.07. The first-order chi connectivity index (χ1) is 10.7. The Hall–Kier alpha value is -1.91. The third-order valence-electron chi connectivity index (χ3n) is 4.30. The van der Waals surface area contributed by atoms with Crippen LogP contribution in [0.1, 0.15) is 30.5 Å². The SMILES string of the molecule is CC1=C(Nc2ccc(CN(C)C)c(C)c2C)C(=O)/C1=C/C(C)O. The molecule has 4 heteroatoms. The minimum Gasteiger partial charge on any atom is -0.389 e. The van der Waals surface area contributed by atoms with E-state index in [4.69, 9.17) is 0 Å². The van der Waals surface area contributed by atoms with Crippen LogP contribution in [0, 0.1) is 13.8 Å². The van der Waals surface area contributed by atoms with E-state index < -0.39 is 6.10 Å². The lowest BCUT2D eigenvalue weighted by Crippen LogP contribution is -2.27. The lowest BCUT2D eigenvalue weighted by atomic mass is 9.85. The number of nitrogens with zero attached hydrogens (tertiary/aromatic N) is 1. The van der Waals surface area contributed by atoms with Crippen molar-refractivity contribution in [1.29, 1.82) is 0 Å². The van der Waals surface area contributed by atoms with Gasteiger partial charge in [-0.05, 0) is 76.2 Å². The van der Waals surface area contributed by atoms with Crippen LogP contribution in [0.15, 0.2) is 35.1 Å². The standard InChI is InChI=1S/C19H26N2O2/c1-11(22)9-16-14(4)18(19(16)23)20-17-8-7-15(10-21(5)6)12(2)13(17)3/h7-9,11,20,22H,10H2,1-6H3/b16-9+. The van der Waals surface area contributed by atoms with E-state index in [0.29, 0.717) is 11.3 Å². The van der Waals surface area contributed by atoms with Crippen molar-refractivity contribution in [2.75, 3.05) is 19.4 Å². The van der Waals surface area contributed by atoms with Gasteiger partial charge in [-0.15, -0.1) is 0 Å². The average molecular weight is 314 g/mol. The third kappa shape index (κ3) is 3.54. The maximum Gasteiger partial charge on any atom is 0.209 e. The molecule has 0 spiro atoms. The van der Waals surface area contributed by atoms with Gasteiger partial charge in [0.25, 0.3) is 0 Å². The Bertz CT molecular complexity index is 698. The fourth-order valence-corrected chi connectivity index (χ4v) is 2.80. The molecule has 124 valence electrons. The molecule has 0 radical (unpaired) electrons. The number of hydrogen-bond donors (Lipinski definition) is 2. The Balaban J connectivity index is 2.27. The molecule has 0 amide bonds. The van der Waals surface area contributed by atoms with Gasteiger partial charge in [0.05, 0.1) is 11.8 Å². The molecular formula is C19H26N2O2. The summed E-state index contributed by atoms with van der Waals surface area (Å²) >= 11 is 0. The van der Waals surface area contributed by atoms with Crippen LogP contribution < -0.4 is 5.32 Å². The van der Waals surface area contributed by atoms with E-state index in [2.05, 4.69) is 44.2 Å². The summed E-state index contributed by atoms with van der Waals surface area (Å²) in [7, 11) is 4.11. The number of Topliss-reactive ketones (excluding diaryl/α,β-unsaturated/α-hetero) is 1. The Labute approximate surface area is 138 Å². The van der Waals surface area contributed by atoms with Crippen LogP contribution >= 0.6 is 0 Å². The first-order valence-electron chi connectivity index (χ1n) is 7.89. The number of aliphatic hydroxyl groups is 1. The summed E-state index contributed by atoms with van der Waals surface area (Å²) in [6.07, 6.45) is 0.987. The molecule has 0 saturated carbocycles. The number of carbonyl (C=O) groups is 1. The maximum atomic E-state index is 12.2. The number of allylic oxidation sites excluding steroid dienone is 2. The summed E-state index contributed by atoms with van der Waals surface area (Å²) in [4.78, 5) is 14.4. The molecule has 1 aliphatic rings. The number of nitrogens with one attached hydrogen (secondary N) is 1. The van der Waals surface area contributed by atoms with Crippen molar-refractivity contribution < 1.29 is 9.90 Å². The van der Waals surface area contributed by atoms with Crippen molar-refractivity contribution in [2.24, 2.45) is 0 Å². The third-order valence-corrected chi connectivity index (χ3v) is 4.30. The second-order valence-corrected chi connectivity index (χ2v) is 6.54. The molecule has 0 bridgehead atoms. The second-order valence-electron chi connectivity index (χ2n) is 6.54. The zero-order valence-corrected chi connectivity index (χ0v) is 14.8. The van der Waals surface area contributed by atoms with E-state index in [-0.39, 0.29) is 5.78 Å². The molecule has 1 aliphatic carbocycles. The van der Waals surface area contributed by atoms with E-state index in [1.54, 1.807) is 13.0 Å². The molecule has 1 unspecified atom stereocenters. The molecule has 2 N–H and O–H groups in total. The van der Waals surface area contributed by atoms with E-state index in [1.165, 1.54) is 11.1 Å². The highest BCUT2D eigenvalue weighted by molar-refractivity contribution is 6.21.